The third-order valence-corrected chi connectivity index (χ3v) is 7.56. The maximum absolute atomic E-state index is 13.1. The molecule has 4 N–H and O–H groups in total. The van der Waals surface area contributed by atoms with Gasteiger partial charge in [0.15, 0.2) is 0 Å². The number of H-pyrrole nitrogens is 1. The number of benzene rings is 1. The number of fused-ring (bicyclic) bond motifs is 1. The second kappa shape index (κ2) is 9.50. The average molecular weight is 521 g/mol. The molecule has 0 saturated heterocycles. The Labute approximate surface area is 206 Å². The second-order valence-corrected chi connectivity index (χ2v) is 10.6. The minimum absolute atomic E-state index is 0. The molecule has 35 heavy (non-hydrogen) atoms. The van der Waals surface area contributed by atoms with Gasteiger partial charge in [-0.1, -0.05) is 6.07 Å². The molecule has 0 unspecified atom stereocenters. The van der Waals surface area contributed by atoms with Crippen LogP contribution < -0.4 is 11.1 Å². The van der Waals surface area contributed by atoms with Gasteiger partial charge in [0, 0.05) is 25.7 Å². The zero-order valence-electron chi connectivity index (χ0n) is 19.1. The molecule has 0 bridgehead atoms. The van der Waals surface area contributed by atoms with Crippen LogP contribution in [-0.4, -0.2) is 28.0 Å². The van der Waals surface area contributed by atoms with Gasteiger partial charge in [0.25, 0.3) is 0 Å². The number of halogens is 6. The molecule has 2 atom stereocenters. The summed E-state index contributed by atoms with van der Waals surface area (Å²) in [6, 6.07) is 5.03. The number of carbonyl (C=O) groups is 1. The summed E-state index contributed by atoms with van der Waals surface area (Å²) in [7, 11) is 0. The lowest BCUT2D eigenvalue weighted by atomic mass is 9.69. The fraction of sp³-hybridized carbons (Fsp3) is 0.667. The Bertz CT molecular complexity index is 1060. The van der Waals surface area contributed by atoms with Gasteiger partial charge in [-0.05, 0) is 67.1 Å². The molecule has 11 heteroatoms. The van der Waals surface area contributed by atoms with Crippen molar-refractivity contribution in [2.75, 3.05) is 0 Å². The number of amides is 1. The van der Waals surface area contributed by atoms with Crippen molar-refractivity contribution < 1.29 is 26.7 Å². The van der Waals surface area contributed by atoms with Crippen LogP contribution in [-0.2, 0) is 4.79 Å². The highest BCUT2D eigenvalue weighted by molar-refractivity contribution is 5.85. The molecule has 194 valence electrons. The highest BCUT2D eigenvalue weighted by atomic mass is 35.5. The number of carbonyl (C=O) groups excluding carboxylic acids is 1. The van der Waals surface area contributed by atoms with Gasteiger partial charge >= 0.3 is 6.18 Å². The molecule has 0 aliphatic heterocycles. The molecule has 1 aromatic heterocycles. The Morgan fingerprint density at radius 1 is 1.17 bits per heavy atom. The summed E-state index contributed by atoms with van der Waals surface area (Å²) in [6.07, 6.45) is -2.40. The molecule has 1 aromatic carbocycles. The first kappa shape index (κ1) is 26.1. The molecule has 1 amide bonds. The first-order valence-corrected chi connectivity index (χ1v) is 11.9. The number of hydrogen-bond acceptors (Lipinski definition) is 3. The average Bonchev–Trinajstić information content (AvgIpc) is 3.43. The van der Waals surface area contributed by atoms with Crippen LogP contribution in [0.4, 0.5) is 22.0 Å². The summed E-state index contributed by atoms with van der Waals surface area (Å²) < 4.78 is 63.9. The molecule has 2 aromatic rings. The van der Waals surface area contributed by atoms with Crippen LogP contribution in [0.2, 0.25) is 0 Å². The van der Waals surface area contributed by atoms with Gasteiger partial charge in [0.05, 0.1) is 23.1 Å². The molecule has 1 heterocycles. The van der Waals surface area contributed by atoms with Crippen molar-refractivity contribution in [2.24, 2.45) is 29.4 Å². The number of aromatic nitrogens is 2. The smallest absolute Gasteiger partial charge is 0.349 e. The lowest BCUT2D eigenvalue weighted by Crippen LogP contribution is -2.39. The van der Waals surface area contributed by atoms with E-state index >= 15 is 0 Å². The number of imidazole rings is 1. The number of nitrogens with zero attached hydrogens (tertiary/aromatic N) is 1. The minimum atomic E-state index is -4.15. The van der Waals surface area contributed by atoms with Gasteiger partial charge < -0.3 is 16.0 Å². The molecule has 0 radical (unpaired) electrons. The molecule has 5 rings (SSSR count). The van der Waals surface area contributed by atoms with Gasteiger partial charge in [0.1, 0.15) is 5.82 Å². The third kappa shape index (κ3) is 6.07. The quantitative estimate of drug-likeness (QED) is 0.375. The Balaban J connectivity index is 0.00000289. The standard InChI is InChI=1S/C24H29F5N4O.ClH/c25-23(26)9-13(10-23)7-19(34)33-21(14-1-2-14)15-3-4-17-18(8-15)32-22(31-17)20(30)16-5-12(6-16)11-24(27,28)29;/h3-4,8,12-14,16,20-21H,1-2,5-7,9-11,30H2,(H,31,32)(H,33,34);1H/t12?,16?,20-,21+;/m0./s1. The van der Waals surface area contributed by atoms with Crippen molar-refractivity contribution in [2.45, 2.75) is 75.5 Å². The zero-order chi connectivity index (χ0) is 24.3. The first-order valence-electron chi connectivity index (χ1n) is 11.9. The van der Waals surface area contributed by atoms with E-state index < -0.39 is 24.6 Å². The number of hydrogen-bond donors (Lipinski definition) is 3. The SMILES string of the molecule is Cl.N[C@H](c1nc2ccc([C@H](NC(=O)CC3CC(F)(F)C3)C3CC3)cc2[nH]1)C1CC(CC(F)(F)F)C1. The maximum atomic E-state index is 13.1. The van der Waals surface area contributed by atoms with Crippen molar-refractivity contribution in [3.63, 3.8) is 0 Å². The van der Waals surface area contributed by atoms with E-state index in [9.17, 15) is 26.7 Å². The van der Waals surface area contributed by atoms with Crippen molar-refractivity contribution in [3.05, 3.63) is 29.6 Å². The lowest BCUT2D eigenvalue weighted by molar-refractivity contribution is -0.154. The Morgan fingerprint density at radius 3 is 2.46 bits per heavy atom. The van der Waals surface area contributed by atoms with E-state index in [2.05, 4.69) is 15.3 Å². The summed E-state index contributed by atoms with van der Waals surface area (Å²) in [6.45, 7) is 0. The lowest BCUT2D eigenvalue weighted by Gasteiger charge is -2.38. The van der Waals surface area contributed by atoms with Gasteiger partial charge in [-0.15, -0.1) is 12.4 Å². The fourth-order valence-electron chi connectivity index (χ4n) is 5.52. The van der Waals surface area contributed by atoms with Crippen LogP contribution >= 0.6 is 12.4 Å². The van der Waals surface area contributed by atoms with Crippen LogP contribution in [0.25, 0.3) is 11.0 Å². The van der Waals surface area contributed by atoms with Crippen LogP contribution in [0.1, 0.15) is 74.8 Å². The van der Waals surface area contributed by atoms with E-state index in [4.69, 9.17) is 5.73 Å². The topological polar surface area (TPSA) is 83.8 Å². The Morgan fingerprint density at radius 2 is 1.86 bits per heavy atom. The van der Waals surface area contributed by atoms with Crippen LogP contribution in [0.3, 0.4) is 0 Å². The van der Waals surface area contributed by atoms with E-state index in [1.165, 1.54) is 0 Å². The van der Waals surface area contributed by atoms with E-state index in [1.807, 2.05) is 18.2 Å². The van der Waals surface area contributed by atoms with Crippen LogP contribution in [0.15, 0.2) is 18.2 Å². The summed E-state index contributed by atoms with van der Waals surface area (Å²) >= 11 is 0. The van der Waals surface area contributed by atoms with Crippen LogP contribution in [0, 0.1) is 23.7 Å². The summed E-state index contributed by atoms with van der Waals surface area (Å²) in [5.41, 5.74) is 8.69. The van der Waals surface area contributed by atoms with Gasteiger partial charge in [-0.3, -0.25) is 4.79 Å². The zero-order valence-corrected chi connectivity index (χ0v) is 19.9. The van der Waals surface area contributed by atoms with Crippen molar-refractivity contribution >= 4 is 29.3 Å². The molecule has 3 aliphatic carbocycles. The molecule has 3 aliphatic rings. The molecule has 3 saturated carbocycles. The fourth-order valence-corrected chi connectivity index (χ4v) is 5.52. The monoisotopic (exact) mass is 520 g/mol. The van der Waals surface area contributed by atoms with E-state index in [0.717, 1.165) is 23.9 Å². The minimum Gasteiger partial charge on any atom is -0.349 e. The number of aromatic amines is 1. The Kier molecular flexibility index (Phi) is 7.09. The Hall–Kier alpha value is -1.94. The van der Waals surface area contributed by atoms with E-state index in [1.54, 1.807) is 0 Å². The normalized spacial score (nSPS) is 25.8. The predicted molar refractivity (Wildman–Crippen MR) is 123 cm³/mol. The van der Waals surface area contributed by atoms with Crippen molar-refractivity contribution in [1.29, 1.82) is 0 Å². The van der Waals surface area contributed by atoms with Crippen molar-refractivity contribution in [1.82, 2.24) is 15.3 Å². The highest BCUT2D eigenvalue weighted by Gasteiger charge is 2.46. The second-order valence-electron chi connectivity index (χ2n) is 10.6. The molecular weight excluding hydrogens is 491 g/mol. The largest absolute Gasteiger partial charge is 0.389 e. The van der Waals surface area contributed by atoms with E-state index in [0.29, 0.717) is 30.1 Å². The number of nitrogens with two attached hydrogens (primary N) is 1. The molecule has 0 spiro atoms. The van der Waals surface area contributed by atoms with Crippen LogP contribution in [0.5, 0.6) is 0 Å². The van der Waals surface area contributed by atoms with E-state index in [-0.39, 0.29) is 61.4 Å². The molecular formula is C24H30ClF5N4O. The van der Waals surface area contributed by atoms with Gasteiger partial charge in [-0.25, -0.2) is 13.8 Å². The number of nitrogens with one attached hydrogen (secondary N) is 2. The summed E-state index contributed by atoms with van der Waals surface area (Å²) in [4.78, 5) is 20.3. The highest BCUT2D eigenvalue weighted by Crippen LogP contribution is 2.46. The molecule has 5 nitrogen and oxygen atoms in total. The maximum Gasteiger partial charge on any atom is 0.389 e. The summed E-state index contributed by atoms with van der Waals surface area (Å²) in [5, 5.41) is 3.04. The molecule has 3 fully saturated rings. The third-order valence-electron chi connectivity index (χ3n) is 7.56. The van der Waals surface area contributed by atoms with Gasteiger partial charge in [-0.2, -0.15) is 13.2 Å². The number of alkyl halides is 5. The summed E-state index contributed by atoms with van der Waals surface area (Å²) in [5.74, 6) is -2.65. The van der Waals surface area contributed by atoms with Gasteiger partial charge in [0.2, 0.25) is 11.8 Å². The number of rotatable bonds is 8. The van der Waals surface area contributed by atoms with Crippen molar-refractivity contribution in [3.8, 4) is 0 Å². The first-order chi connectivity index (χ1) is 16.0. The predicted octanol–water partition coefficient (Wildman–Crippen LogP) is 5.97.